The third-order valence-electron chi connectivity index (χ3n) is 1.26. The molecule has 132 valence electrons. The van der Waals surface area contributed by atoms with E-state index in [-0.39, 0.29) is 29.6 Å². The second-order valence-electron chi connectivity index (χ2n) is 2.68. The van der Waals surface area contributed by atoms with Gasteiger partial charge in [-0.2, -0.15) is 52.3 Å². The second-order valence-corrected chi connectivity index (χ2v) is 3.75. The first-order valence-electron chi connectivity index (χ1n) is 3.62. The van der Waals surface area contributed by atoms with E-state index in [2.05, 4.69) is 0 Å². The molecule has 0 saturated carbocycles. The average molecular weight is 396 g/mol. The molecule has 0 amide bonds. The fourth-order valence-corrected chi connectivity index (χ4v) is 0.385. The SMILES string of the molecule is FC(F)(F)C(F)(F)C(F)(F)C(F)(F)F.O=S(=O)(OF)OF.[NaH]. The molecule has 0 atom stereocenters. The van der Waals surface area contributed by atoms with Gasteiger partial charge in [-0.3, -0.25) is 0 Å². The second kappa shape index (κ2) is 8.22. The van der Waals surface area contributed by atoms with Crippen LogP contribution in [0.25, 0.3) is 0 Å². The van der Waals surface area contributed by atoms with Crippen molar-refractivity contribution in [3.05, 3.63) is 0 Å². The van der Waals surface area contributed by atoms with Gasteiger partial charge < -0.3 is 0 Å². The summed E-state index contributed by atoms with van der Waals surface area (Å²) in [4.78, 5) is 0. The molecule has 0 heterocycles. The molecule has 0 aliphatic carbocycles. The van der Waals surface area contributed by atoms with Crippen LogP contribution in [-0.4, -0.2) is 62.2 Å². The minimum atomic E-state index is -7.14. The number of halogens is 12. The summed E-state index contributed by atoms with van der Waals surface area (Å²) in [5.41, 5.74) is 0. The molecule has 0 spiro atoms. The Labute approximate surface area is 134 Å². The Morgan fingerprint density at radius 3 is 0.818 bits per heavy atom. The van der Waals surface area contributed by atoms with E-state index in [0.29, 0.717) is 0 Å². The van der Waals surface area contributed by atoms with Crippen LogP contribution in [0.5, 0.6) is 0 Å². The molecule has 0 radical (unpaired) electrons. The van der Waals surface area contributed by atoms with Crippen LogP contribution in [0.3, 0.4) is 0 Å². The van der Waals surface area contributed by atoms with Crippen molar-refractivity contribution >= 4 is 40.0 Å². The van der Waals surface area contributed by atoms with Crippen LogP contribution in [0.4, 0.5) is 53.0 Å². The Morgan fingerprint density at radius 2 is 0.773 bits per heavy atom. The number of rotatable bonds is 3. The third-order valence-corrected chi connectivity index (χ3v) is 1.57. The molecule has 0 fully saturated rings. The summed E-state index contributed by atoms with van der Waals surface area (Å²) in [7, 11) is -4.99. The monoisotopic (exact) mass is 396 g/mol. The molecule has 0 aromatic carbocycles. The Bertz CT molecular complexity index is 391. The van der Waals surface area contributed by atoms with Gasteiger partial charge >= 0.3 is 64.2 Å². The number of alkyl halides is 10. The predicted molar refractivity (Wildman–Crippen MR) is 42.5 cm³/mol. The number of hydrogen-bond donors (Lipinski definition) is 0. The first-order valence-corrected chi connectivity index (χ1v) is 4.95. The third kappa shape index (κ3) is 6.65. The molecule has 18 heteroatoms. The van der Waals surface area contributed by atoms with Gasteiger partial charge in [-0.15, -0.1) is 0 Å². The van der Waals surface area contributed by atoms with Gasteiger partial charge in [0.25, 0.3) is 0 Å². The molecule has 22 heavy (non-hydrogen) atoms. The van der Waals surface area contributed by atoms with E-state index in [0.717, 1.165) is 0 Å². The topological polar surface area (TPSA) is 52.6 Å². The fraction of sp³-hybridized carbons (Fsp3) is 1.00. The van der Waals surface area contributed by atoms with Crippen molar-refractivity contribution in [1.29, 1.82) is 0 Å². The zero-order valence-corrected chi connectivity index (χ0v) is 9.39. The van der Waals surface area contributed by atoms with E-state index in [1.165, 1.54) is 0 Å². The van der Waals surface area contributed by atoms with Crippen LogP contribution in [0.15, 0.2) is 0 Å². The van der Waals surface area contributed by atoms with Gasteiger partial charge in [-0.25, -0.2) is 0 Å². The summed E-state index contributed by atoms with van der Waals surface area (Å²) >= 11 is 0. The molecule has 0 rings (SSSR count). The quantitative estimate of drug-likeness (QED) is 0.544. The van der Waals surface area contributed by atoms with Crippen LogP contribution in [0, 0.1) is 0 Å². The Kier molecular flexibility index (Phi) is 10.1. The first-order chi connectivity index (χ1) is 8.87. The minimum absolute atomic E-state index is 0. The molecule has 0 unspecified atom stereocenters. The van der Waals surface area contributed by atoms with Crippen molar-refractivity contribution in [2.75, 3.05) is 0 Å². The van der Waals surface area contributed by atoms with Gasteiger partial charge in [0.1, 0.15) is 0 Å². The fourth-order valence-electron chi connectivity index (χ4n) is 0.366. The van der Waals surface area contributed by atoms with Gasteiger partial charge in [0.05, 0.1) is 0 Å². The zero-order chi connectivity index (χ0) is 17.9. The van der Waals surface area contributed by atoms with E-state index >= 15 is 0 Å². The van der Waals surface area contributed by atoms with E-state index in [4.69, 9.17) is 0 Å². The zero-order valence-electron chi connectivity index (χ0n) is 8.58. The molecule has 0 aliphatic rings. The van der Waals surface area contributed by atoms with E-state index in [1.54, 1.807) is 0 Å². The van der Waals surface area contributed by atoms with E-state index < -0.39 is 34.6 Å². The maximum absolute atomic E-state index is 11.6. The molecule has 0 saturated heterocycles. The van der Waals surface area contributed by atoms with Crippen LogP contribution in [0.2, 0.25) is 0 Å². The summed E-state index contributed by atoms with van der Waals surface area (Å²) < 4.78 is 156. The van der Waals surface area contributed by atoms with Crippen LogP contribution in [-0.2, 0) is 19.2 Å². The van der Waals surface area contributed by atoms with E-state index in [1.807, 2.05) is 8.78 Å². The Hall–Kier alpha value is 0.0300. The van der Waals surface area contributed by atoms with Crippen molar-refractivity contribution < 1.29 is 70.1 Å². The summed E-state index contributed by atoms with van der Waals surface area (Å²) in [6, 6.07) is 0. The normalized spacial score (nSPS) is 13.8. The van der Waals surface area contributed by atoms with Crippen molar-refractivity contribution in [3.63, 3.8) is 0 Å². The molecule has 0 aromatic rings. The Morgan fingerprint density at radius 1 is 0.591 bits per heavy atom. The summed E-state index contributed by atoms with van der Waals surface area (Å²) in [5.74, 6) is -14.3. The molecule has 0 aliphatic heterocycles. The summed E-state index contributed by atoms with van der Waals surface area (Å²) in [6.45, 7) is 0. The summed E-state index contributed by atoms with van der Waals surface area (Å²) in [5, 5.41) is 0. The maximum atomic E-state index is 11.6. The van der Waals surface area contributed by atoms with Crippen LogP contribution < -0.4 is 0 Å². The van der Waals surface area contributed by atoms with Gasteiger partial charge in [0.15, 0.2) is 0 Å². The molecular formula is C4HF12NaO4S. The van der Waals surface area contributed by atoms with Crippen molar-refractivity contribution in [1.82, 2.24) is 0 Å². The average Bonchev–Trinajstić information content (AvgIpc) is 2.26. The van der Waals surface area contributed by atoms with Gasteiger partial charge in [-0.1, -0.05) is 0 Å². The van der Waals surface area contributed by atoms with E-state index in [9.17, 15) is 61.4 Å². The molecule has 4 nitrogen and oxygen atoms in total. The van der Waals surface area contributed by atoms with Gasteiger partial charge in [0, 0.05) is 0 Å². The molecule has 0 N–H and O–H groups in total. The van der Waals surface area contributed by atoms with Crippen molar-refractivity contribution in [3.8, 4) is 0 Å². The number of hydrogen-bond acceptors (Lipinski definition) is 4. The standard InChI is InChI=1S/C4F10.F2O4S.Na.H/c5-1(6,3(9,10)11)2(7,8)4(12,13)14;1-5-7(3,4)6-2;;. The summed E-state index contributed by atoms with van der Waals surface area (Å²) in [6.07, 6.45) is -13.9. The first kappa shape index (κ1) is 26.9. The van der Waals surface area contributed by atoms with Crippen LogP contribution in [0.1, 0.15) is 0 Å². The predicted octanol–water partition coefficient (Wildman–Crippen LogP) is 2.77. The van der Waals surface area contributed by atoms with Crippen molar-refractivity contribution in [2.24, 2.45) is 0 Å². The van der Waals surface area contributed by atoms with Crippen molar-refractivity contribution in [2.45, 2.75) is 24.2 Å². The van der Waals surface area contributed by atoms with Crippen LogP contribution >= 0.6 is 0 Å². The molecular weight excluding hydrogens is 395 g/mol. The van der Waals surface area contributed by atoms with Gasteiger partial charge in [-0.05, 0) is 17.8 Å². The van der Waals surface area contributed by atoms with Gasteiger partial charge in [0.2, 0.25) is 0 Å². The molecule has 0 bridgehead atoms. The Balaban J connectivity index is -0.000000385. The molecule has 0 aromatic heterocycles.